The van der Waals surface area contributed by atoms with E-state index in [0.717, 1.165) is 23.3 Å². The number of fused-ring (bicyclic) bond motifs is 2. The highest BCUT2D eigenvalue weighted by atomic mass is 35.5. The first kappa shape index (κ1) is 20.7. The van der Waals surface area contributed by atoms with Crippen LogP contribution in [-0.2, 0) is 16.9 Å². The van der Waals surface area contributed by atoms with Crippen molar-refractivity contribution >= 4 is 46.2 Å². The summed E-state index contributed by atoms with van der Waals surface area (Å²) < 4.78 is 46.8. The Hall–Kier alpha value is -1.57. The van der Waals surface area contributed by atoms with Gasteiger partial charge in [-0.3, -0.25) is 4.79 Å². The van der Waals surface area contributed by atoms with E-state index in [9.17, 15) is 18.0 Å². The first-order valence-corrected chi connectivity index (χ1v) is 9.70. The van der Waals surface area contributed by atoms with Gasteiger partial charge in [0, 0.05) is 18.7 Å². The van der Waals surface area contributed by atoms with Gasteiger partial charge in [0.25, 0.3) is 0 Å². The zero-order valence-corrected chi connectivity index (χ0v) is 16.9. The predicted molar refractivity (Wildman–Crippen MR) is 106 cm³/mol. The molecule has 1 fully saturated rings. The fraction of sp³-hybridized carbons (Fsp3) is 0.250. The third-order valence-electron chi connectivity index (χ3n) is 5.08. The summed E-state index contributed by atoms with van der Waals surface area (Å²) in [7, 11) is 0. The van der Waals surface area contributed by atoms with Crippen LogP contribution in [0.15, 0.2) is 36.4 Å². The highest BCUT2D eigenvalue weighted by Gasteiger charge is 2.45. The van der Waals surface area contributed by atoms with Gasteiger partial charge in [0.1, 0.15) is 5.60 Å². The van der Waals surface area contributed by atoms with Gasteiger partial charge >= 0.3 is 6.18 Å². The fourth-order valence-corrected chi connectivity index (χ4v) is 4.10. The number of rotatable bonds is 3. The van der Waals surface area contributed by atoms with Crippen LogP contribution >= 0.6 is 34.8 Å². The first-order chi connectivity index (χ1) is 13.6. The Bertz CT molecular complexity index is 1020. The van der Waals surface area contributed by atoms with E-state index in [2.05, 4.69) is 5.32 Å². The van der Waals surface area contributed by atoms with E-state index in [1.165, 1.54) is 6.07 Å². The molecule has 9 heteroatoms. The molecule has 0 amide bonds. The molecule has 0 atom stereocenters. The summed E-state index contributed by atoms with van der Waals surface area (Å²) in [5, 5.41) is 2.82. The maximum atomic E-state index is 13.7. The topological polar surface area (TPSA) is 38.3 Å². The summed E-state index contributed by atoms with van der Waals surface area (Å²) >= 11 is 17.5. The van der Waals surface area contributed by atoms with Crippen LogP contribution in [0.4, 0.5) is 13.2 Å². The quantitative estimate of drug-likeness (QED) is 0.356. The van der Waals surface area contributed by atoms with Gasteiger partial charge in [-0.05, 0) is 41.0 Å². The van der Waals surface area contributed by atoms with Crippen LogP contribution in [0.2, 0.25) is 15.1 Å². The van der Waals surface area contributed by atoms with E-state index in [1.807, 2.05) is 0 Å². The molecule has 0 radical (unpaired) electrons. The van der Waals surface area contributed by atoms with Crippen molar-refractivity contribution in [2.75, 3.05) is 13.1 Å². The summed E-state index contributed by atoms with van der Waals surface area (Å²) in [6, 6.07) is 6.91. The van der Waals surface area contributed by atoms with E-state index < -0.39 is 17.5 Å². The van der Waals surface area contributed by atoms with E-state index in [4.69, 9.17) is 39.5 Å². The second-order valence-electron chi connectivity index (χ2n) is 6.93. The van der Waals surface area contributed by atoms with Gasteiger partial charge in [-0.15, -0.1) is 0 Å². The highest BCUT2D eigenvalue weighted by Crippen LogP contribution is 2.41. The van der Waals surface area contributed by atoms with Crippen molar-refractivity contribution in [2.45, 2.75) is 18.4 Å². The molecular formula is C20H13Cl3F3NO2. The molecule has 2 aromatic carbocycles. The van der Waals surface area contributed by atoms with Crippen molar-refractivity contribution in [2.24, 2.45) is 0 Å². The Balaban J connectivity index is 1.71. The number of carbonyl (C=O) groups excluding carboxylic acids is 1. The van der Waals surface area contributed by atoms with Crippen LogP contribution in [0.3, 0.4) is 0 Å². The number of benzene rings is 2. The maximum Gasteiger partial charge on any atom is 0.417 e. The van der Waals surface area contributed by atoms with Crippen LogP contribution in [0.5, 0.6) is 0 Å². The molecule has 3 nitrogen and oxygen atoms in total. The van der Waals surface area contributed by atoms with Crippen molar-refractivity contribution < 1.29 is 22.7 Å². The molecule has 0 aliphatic carbocycles. The number of ketones is 1. The Morgan fingerprint density at radius 1 is 1.07 bits per heavy atom. The molecule has 0 unspecified atom stereocenters. The average molecular weight is 463 g/mol. The van der Waals surface area contributed by atoms with Gasteiger partial charge in [-0.25, -0.2) is 0 Å². The van der Waals surface area contributed by atoms with Gasteiger partial charge in [0.15, 0.2) is 5.78 Å². The molecule has 1 spiro atoms. The number of hydrogen-bond donors (Lipinski definition) is 1. The molecule has 2 aromatic rings. The zero-order chi connectivity index (χ0) is 21.0. The Kier molecular flexibility index (Phi) is 5.20. The van der Waals surface area contributed by atoms with E-state index in [0.29, 0.717) is 25.8 Å². The van der Waals surface area contributed by atoms with Crippen molar-refractivity contribution in [1.82, 2.24) is 5.32 Å². The van der Waals surface area contributed by atoms with Crippen molar-refractivity contribution in [3.05, 3.63) is 73.7 Å². The van der Waals surface area contributed by atoms with E-state index in [1.54, 1.807) is 12.1 Å². The number of halogens is 6. The number of carbonyl (C=O) groups is 1. The Morgan fingerprint density at radius 2 is 1.72 bits per heavy atom. The minimum Gasteiger partial charge on any atom is -0.363 e. The van der Waals surface area contributed by atoms with Gasteiger partial charge in [0.05, 0.1) is 27.2 Å². The Labute approximate surface area is 179 Å². The van der Waals surface area contributed by atoms with Gasteiger partial charge in [-0.2, -0.15) is 13.2 Å². The lowest BCUT2D eigenvalue weighted by Gasteiger charge is -2.39. The van der Waals surface area contributed by atoms with E-state index >= 15 is 0 Å². The number of hydrogen-bond acceptors (Lipinski definition) is 3. The number of ether oxygens (including phenoxy) is 1. The summed E-state index contributed by atoms with van der Waals surface area (Å²) in [6.07, 6.45) is -4.24. The Morgan fingerprint density at radius 3 is 2.28 bits per heavy atom. The molecule has 4 rings (SSSR count). The zero-order valence-electron chi connectivity index (χ0n) is 14.7. The smallest absolute Gasteiger partial charge is 0.363 e. The summed E-state index contributed by atoms with van der Waals surface area (Å²) in [5.41, 5.74) is 0.0277. The minimum absolute atomic E-state index is 0.0528. The normalized spacial score (nSPS) is 17.9. The largest absolute Gasteiger partial charge is 0.417 e. The van der Waals surface area contributed by atoms with Gasteiger partial charge < -0.3 is 10.1 Å². The molecular weight excluding hydrogens is 450 g/mol. The van der Waals surface area contributed by atoms with Crippen LogP contribution in [0, 0.1) is 0 Å². The van der Waals surface area contributed by atoms with Crippen molar-refractivity contribution in [1.29, 1.82) is 0 Å². The fourth-order valence-electron chi connectivity index (χ4n) is 3.50. The molecule has 152 valence electrons. The number of allylic oxidation sites excluding steroid dienone is 2. The lowest BCUT2D eigenvalue weighted by Crippen LogP contribution is -2.56. The standard InChI is InChI=1S/C20H13Cl3F3NO2/c21-15-4-11(5-16(22)18(15)23)14(20(24,25)26)6-17(28)10-1-2-13-12(3-10)7-29-19(13)8-27-9-19/h1-6,27H,7-9H2/b14-6-. The lowest BCUT2D eigenvalue weighted by molar-refractivity contribution is -0.0746. The predicted octanol–water partition coefficient (Wildman–Crippen LogP) is 5.80. The lowest BCUT2D eigenvalue weighted by atomic mass is 9.86. The van der Waals surface area contributed by atoms with Crippen molar-refractivity contribution in [3.8, 4) is 0 Å². The van der Waals surface area contributed by atoms with Crippen LogP contribution < -0.4 is 5.32 Å². The molecule has 2 heterocycles. The van der Waals surface area contributed by atoms with Crippen LogP contribution in [-0.4, -0.2) is 25.0 Å². The molecule has 29 heavy (non-hydrogen) atoms. The maximum absolute atomic E-state index is 13.7. The molecule has 1 saturated heterocycles. The summed E-state index contributed by atoms with van der Waals surface area (Å²) in [4.78, 5) is 12.6. The summed E-state index contributed by atoms with van der Waals surface area (Å²) in [5.74, 6) is -0.782. The number of alkyl halides is 3. The van der Waals surface area contributed by atoms with Gasteiger partial charge in [0.2, 0.25) is 0 Å². The average Bonchev–Trinajstić information content (AvgIpc) is 3.01. The number of nitrogens with one attached hydrogen (secondary N) is 1. The molecule has 0 aromatic heterocycles. The highest BCUT2D eigenvalue weighted by molar-refractivity contribution is 6.48. The molecule has 0 saturated carbocycles. The van der Waals surface area contributed by atoms with Crippen molar-refractivity contribution in [3.63, 3.8) is 0 Å². The SMILES string of the molecule is O=C(/C=C(/c1cc(Cl)c(Cl)c(Cl)c1)C(F)(F)F)c1ccc2c(c1)COC21CNC1. The van der Waals surface area contributed by atoms with Gasteiger partial charge in [-0.1, -0.05) is 46.9 Å². The monoisotopic (exact) mass is 461 g/mol. The van der Waals surface area contributed by atoms with Crippen LogP contribution in [0.1, 0.15) is 27.0 Å². The minimum atomic E-state index is -4.79. The molecule has 2 aliphatic rings. The second kappa shape index (κ2) is 7.29. The third-order valence-corrected chi connectivity index (χ3v) is 6.28. The van der Waals surface area contributed by atoms with E-state index in [-0.39, 0.29) is 31.8 Å². The molecule has 0 bridgehead atoms. The summed E-state index contributed by atoms with van der Waals surface area (Å²) in [6.45, 7) is 1.66. The molecule has 1 N–H and O–H groups in total. The molecule has 2 aliphatic heterocycles. The first-order valence-electron chi connectivity index (χ1n) is 8.57. The third kappa shape index (κ3) is 3.68. The second-order valence-corrected chi connectivity index (χ2v) is 8.12. The van der Waals surface area contributed by atoms with Crippen LogP contribution in [0.25, 0.3) is 5.57 Å².